The zero-order chi connectivity index (χ0) is 19.2. The number of aromatic nitrogens is 2. The van der Waals surface area contributed by atoms with Crippen LogP contribution in [-0.2, 0) is 6.54 Å². The Morgan fingerprint density at radius 1 is 1.19 bits per heavy atom. The molecule has 7 heteroatoms. The van der Waals surface area contributed by atoms with Crippen LogP contribution in [0.5, 0.6) is 5.75 Å². The number of ether oxygens (including phenoxy) is 1. The Hall–Kier alpha value is -3.35. The summed E-state index contributed by atoms with van der Waals surface area (Å²) in [6.45, 7) is 4.61. The SMILES string of the molecule is CCN(Cc1nc(-c2ccc(C)cc2)no1)C(=O)Nc1ccccc1OC. The molecule has 0 bridgehead atoms. The van der Waals surface area contributed by atoms with Gasteiger partial charge in [0.1, 0.15) is 12.3 Å². The first-order chi connectivity index (χ1) is 13.1. The first-order valence-electron chi connectivity index (χ1n) is 8.69. The number of hydrogen-bond acceptors (Lipinski definition) is 5. The quantitative estimate of drug-likeness (QED) is 0.710. The van der Waals surface area contributed by atoms with Crippen molar-refractivity contribution in [2.75, 3.05) is 19.0 Å². The summed E-state index contributed by atoms with van der Waals surface area (Å²) in [4.78, 5) is 18.6. The highest BCUT2D eigenvalue weighted by molar-refractivity contribution is 5.90. The predicted molar refractivity (Wildman–Crippen MR) is 103 cm³/mol. The van der Waals surface area contributed by atoms with E-state index in [1.54, 1.807) is 24.1 Å². The fourth-order valence-electron chi connectivity index (χ4n) is 2.57. The van der Waals surface area contributed by atoms with Crippen LogP contribution in [0.3, 0.4) is 0 Å². The van der Waals surface area contributed by atoms with Gasteiger partial charge in [0.15, 0.2) is 0 Å². The maximum Gasteiger partial charge on any atom is 0.322 e. The van der Waals surface area contributed by atoms with Gasteiger partial charge in [0, 0.05) is 12.1 Å². The normalized spacial score (nSPS) is 10.5. The number of para-hydroxylation sites is 2. The third-order valence-corrected chi connectivity index (χ3v) is 4.12. The number of rotatable bonds is 6. The summed E-state index contributed by atoms with van der Waals surface area (Å²) in [6.07, 6.45) is 0. The van der Waals surface area contributed by atoms with Crippen molar-refractivity contribution in [1.82, 2.24) is 15.0 Å². The molecular formula is C20H22N4O3. The van der Waals surface area contributed by atoms with Crippen molar-refractivity contribution >= 4 is 11.7 Å². The second-order valence-corrected chi connectivity index (χ2v) is 6.02. The minimum absolute atomic E-state index is 0.219. The highest BCUT2D eigenvalue weighted by Crippen LogP contribution is 2.23. The van der Waals surface area contributed by atoms with E-state index in [-0.39, 0.29) is 12.6 Å². The van der Waals surface area contributed by atoms with Crippen molar-refractivity contribution in [3.05, 3.63) is 60.0 Å². The number of benzene rings is 2. The van der Waals surface area contributed by atoms with Crippen molar-refractivity contribution in [2.45, 2.75) is 20.4 Å². The molecular weight excluding hydrogens is 344 g/mol. The van der Waals surface area contributed by atoms with E-state index in [0.29, 0.717) is 29.7 Å². The van der Waals surface area contributed by atoms with E-state index in [1.807, 2.05) is 50.2 Å². The van der Waals surface area contributed by atoms with Crippen LogP contribution >= 0.6 is 0 Å². The van der Waals surface area contributed by atoms with Gasteiger partial charge in [-0.3, -0.25) is 0 Å². The largest absolute Gasteiger partial charge is 0.495 e. The molecule has 3 aromatic rings. The average molecular weight is 366 g/mol. The third-order valence-electron chi connectivity index (χ3n) is 4.12. The zero-order valence-electron chi connectivity index (χ0n) is 15.6. The topological polar surface area (TPSA) is 80.5 Å². The second kappa shape index (κ2) is 8.35. The Bertz CT molecular complexity index is 906. The lowest BCUT2D eigenvalue weighted by atomic mass is 10.1. The lowest BCUT2D eigenvalue weighted by Gasteiger charge is -2.20. The number of hydrogen-bond donors (Lipinski definition) is 1. The van der Waals surface area contributed by atoms with Crippen molar-refractivity contribution < 1.29 is 14.1 Å². The third kappa shape index (κ3) is 4.44. The summed E-state index contributed by atoms with van der Waals surface area (Å²) in [5.41, 5.74) is 2.64. The molecule has 140 valence electrons. The number of carbonyl (C=O) groups excluding carboxylic acids is 1. The van der Waals surface area contributed by atoms with E-state index >= 15 is 0 Å². The molecule has 0 saturated heterocycles. The van der Waals surface area contributed by atoms with Gasteiger partial charge in [-0.05, 0) is 26.0 Å². The van der Waals surface area contributed by atoms with E-state index in [2.05, 4.69) is 15.5 Å². The first-order valence-corrected chi connectivity index (χ1v) is 8.69. The molecule has 1 N–H and O–H groups in total. The van der Waals surface area contributed by atoms with Gasteiger partial charge in [0.2, 0.25) is 11.7 Å². The van der Waals surface area contributed by atoms with Gasteiger partial charge >= 0.3 is 6.03 Å². The Morgan fingerprint density at radius 3 is 2.63 bits per heavy atom. The van der Waals surface area contributed by atoms with Crippen LogP contribution in [0.25, 0.3) is 11.4 Å². The molecule has 3 rings (SSSR count). The zero-order valence-corrected chi connectivity index (χ0v) is 15.6. The fourth-order valence-corrected chi connectivity index (χ4v) is 2.57. The standard InChI is InChI=1S/C20H22N4O3/c1-4-24(20(25)21-16-7-5-6-8-17(16)26-3)13-18-22-19(23-27-18)15-11-9-14(2)10-12-15/h5-12H,4,13H2,1-3H3,(H,21,25). The molecule has 1 heterocycles. The minimum atomic E-state index is -0.267. The molecule has 2 amide bonds. The number of nitrogens with zero attached hydrogens (tertiary/aromatic N) is 3. The molecule has 7 nitrogen and oxygen atoms in total. The number of nitrogens with one attached hydrogen (secondary N) is 1. The number of aryl methyl sites for hydroxylation is 1. The van der Waals surface area contributed by atoms with Crippen molar-refractivity contribution in [3.63, 3.8) is 0 Å². The van der Waals surface area contributed by atoms with Gasteiger partial charge in [-0.25, -0.2) is 4.79 Å². The molecule has 2 aromatic carbocycles. The molecule has 0 aliphatic carbocycles. The lowest BCUT2D eigenvalue weighted by Crippen LogP contribution is -2.34. The second-order valence-electron chi connectivity index (χ2n) is 6.02. The molecule has 0 unspecified atom stereocenters. The van der Waals surface area contributed by atoms with Gasteiger partial charge in [-0.2, -0.15) is 4.98 Å². The molecule has 0 atom stereocenters. The van der Waals surface area contributed by atoms with Crippen LogP contribution in [-0.4, -0.2) is 34.7 Å². The van der Waals surface area contributed by atoms with Crippen molar-refractivity contribution in [1.29, 1.82) is 0 Å². The van der Waals surface area contributed by atoms with Crippen LogP contribution in [0.1, 0.15) is 18.4 Å². The van der Waals surface area contributed by atoms with Crippen LogP contribution < -0.4 is 10.1 Å². The molecule has 0 radical (unpaired) electrons. The lowest BCUT2D eigenvalue weighted by molar-refractivity contribution is 0.203. The summed E-state index contributed by atoms with van der Waals surface area (Å²) in [6, 6.07) is 14.8. The van der Waals surface area contributed by atoms with Crippen LogP contribution in [0.15, 0.2) is 53.1 Å². The van der Waals surface area contributed by atoms with E-state index in [0.717, 1.165) is 11.1 Å². The number of amides is 2. The Kier molecular flexibility index (Phi) is 5.71. The molecule has 0 aliphatic heterocycles. The smallest absolute Gasteiger partial charge is 0.322 e. The number of methoxy groups -OCH3 is 1. The molecule has 27 heavy (non-hydrogen) atoms. The molecule has 0 aliphatic rings. The summed E-state index contributed by atoms with van der Waals surface area (Å²) in [5, 5.41) is 6.86. The van der Waals surface area contributed by atoms with Gasteiger partial charge < -0.3 is 19.5 Å². The van der Waals surface area contributed by atoms with Crippen molar-refractivity contribution in [3.8, 4) is 17.1 Å². The minimum Gasteiger partial charge on any atom is -0.495 e. The first kappa shape index (κ1) is 18.4. The number of urea groups is 1. The van der Waals surface area contributed by atoms with Gasteiger partial charge in [0.25, 0.3) is 0 Å². The highest BCUT2D eigenvalue weighted by atomic mass is 16.5. The summed E-state index contributed by atoms with van der Waals surface area (Å²) in [7, 11) is 1.56. The molecule has 0 spiro atoms. The van der Waals surface area contributed by atoms with E-state index in [9.17, 15) is 4.79 Å². The summed E-state index contributed by atoms with van der Waals surface area (Å²) in [5.74, 6) is 1.48. The molecule has 0 fully saturated rings. The van der Waals surface area contributed by atoms with E-state index in [1.165, 1.54) is 0 Å². The van der Waals surface area contributed by atoms with E-state index < -0.39 is 0 Å². The Labute approximate surface area is 158 Å². The molecule has 0 saturated carbocycles. The summed E-state index contributed by atoms with van der Waals surface area (Å²) < 4.78 is 10.6. The maximum absolute atomic E-state index is 12.6. The highest BCUT2D eigenvalue weighted by Gasteiger charge is 2.18. The van der Waals surface area contributed by atoms with Gasteiger partial charge in [-0.15, -0.1) is 0 Å². The Balaban J connectivity index is 1.69. The monoisotopic (exact) mass is 366 g/mol. The summed E-state index contributed by atoms with van der Waals surface area (Å²) >= 11 is 0. The predicted octanol–water partition coefficient (Wildman–Crippen LogP) is 4.11. The van der Waals surface area contributed by atoms with Gasteiger partial charge in [0.05, 0.1) is 12.8 Å². The van der Waals surface area contributed by atoms with Crippen molar-refractivity contribution in [2.24, 2.45) is 0 Å². The fraction of sp³-hybridized carbons (Fsp3) is 0.250. The Morgan fingerprint density at radius 2 is 1.93 bits per heavy atom. The van der Waals surface area contributed by atoms with Gasteiger partial charge in [-0.1, -0.05) is 47.1 Å². The van der Waals surface area contributed by atoms with E-state index in [4.69, 9.17) is 9.26 Å². The van der Waals surface area contributed by atoms with Crippen LogP contribution in [0, 0.1) is 6.92 Å². The van der Waals surface area contributed by atoms with Crippen LogP contribution in [0.4, 0.5) is 10.5 Å². The number of anilines is 1. The molecule has 1 aromatic heterocycles. The van der Waals surface area contributed by atoms with Crippen LogP contribution in [0.2, 0.25) is 0 Å². The average Bonchev–Trinajstić information content (AvgIpc) is 3.15. The number of carbonyl (C=O) groups is 1. The maximum atomic E-state index is 12.6.